The van der Waals surface area contributed by atoms with Crippen LogP contribution in [0.5, 0.6) is 5.75 Å². The van der Waals surface area contributed by atoms with Crippen molar-refractivity contribution in [2.45, 2.75) is 4.90 Å². The summed E-state index contributed by atoms with van der Waals surface area (Å²) in [6.45, 7) is 0. The van der Waals surface area contributed by atoms with Gasteiger partial charge in [-0.05, 0) is 24.3 Å². The molecular formula is C16H11N2NaO4S. The van der Waals surface area contributed by atoms with E-state index in [1.807, 2.05) is 0 Å². The largest absolute Gasteiger partial charge is 1.00 e. The summed E-state index contributed by atoms with van der Waals surface area (Å²) in [7, 11) is -4.63. The van der Waals surface area contributed by atoms with Gasteiger partial charge in [0, 0.05) is 10.8 Å². The number of phenolic OH excluding ortho intramolecular Hbond substituents is 1. The molecule has 24 heavy (non-hydrogen) atoms. The number of aromatic hydroxyl groups is 1. The predicted molar refractivity (Wildman–Crippen MR) is 84.2 cm³/mol. The van der Waals surface area contributed by atoms with E-state index in [-0.39, 0.29) is 41.0 Å². The molecule has 0 saturated heterocycles. The summed E-state index contributed by atoms with van der Waals surface area (Å²) in [5.74, 6) is 0.113. The summed E-state index contributed by atoms with van der Waals surface area (Å²) < 4.78 is 33.7. The Morgan fingerprint density at radius 2 is 1.38 bits per heavy atom. The second-order valence-electron chi connectivity index (χ2n) is 4.77. The first-order chi connectivity index (χ1) is 11.0. The summed E-state index contributed by atoms with van der Waals surface area (Å²) in [4.78, 5) is -0.424. The first kappa shape index (κ1) is 18.6. The number of nitrogens with zero attached hydrogens (tertiary/aromatic N) is 2. The van der Waals surface area contributed by atoms with Crippen LogP contribution in [-0.4, -0.2) is 18.1 Å². The summed E-state index contributed by atoms with van der Waals surface area (Å²) in [6, 6.07) is 15.7. The number of azo groups is 1. The molecule has 0 atom stereocenters. The molecule has 3 rings (SSSR count). The van der Waals surface area contributed by atoms with Gasteiger partial charge in [0.15, 0.2) is 0 Å². The van der Waals surface area contributed by atoms with Gasteiger partial charge in [0.2, 0.25) is 0 Å². The van der Waals surface area contributed by atoms with Crippen molar-refractivity contribution in [3.63, 3.8) is 0 Å². The molecule has 0 amide bonds. The molecule has 0 radical (unpaired) electrons. The molecule has 0 bridgehead atoms. The van der Waals surface area contributed by atoms with Crippen LogP contribution in [0.3, 0.4) is 0 Å². The van der Waals surface area contributed by atoms with E-state index in [4.69, 9.17) is 0 Å². The summed E-state index contributed by atoms with van der Waals surface area (Å²) in [5, 5.41) is 19.0. The van der Waals surface area contributed by atoms with E-state index in [0.717, 1.165) is 0 Å². The molecule has 3 aromatic rings. The Hall–Kier alpha value is -1.77. The molecule has 1 N–H and O–H groups in total. The Morgan fingerprint density at radius 3 is 2.08 bits per heavy atom. The zero-order chi connectivity index (χ0) is 16.4. The molecule has 0 aliphatic carbocycles. The molecule has 6 nitrogen and oxygen atoms in total. The van der Waals surface area contributed by atoms with Gasteiger partial charge in [0.1, 0.15) is 21.6 Å². The molecule has 8 heteroatoms. The fourth-order valence-corrected chi connectivity index (χ4v) is 2.82. The minimum Gasteiger partial charge on any atom is -0.744 e. The third-order valence-electron chi connectivity index (χ3n) is 3.28. The van der Waals surface area contributed by atoms with Crippen molar-refractivity contribution in [2.75, 3.05) is 0 Å². The number of hydrogen-bond acceptors (Lipinski definition) is 6. The summed E-state index contributed by atoms with van der Waals surface area (Å²) in [6.07, 6.45) is 0. The van der Waals surface area contributed by atoms with Gasteiger partial charge < -0.3 is 9.66 Å². The fourth-order valence-electron chi connectivity index (χ4n) is 2.21. The SMILES string of the molecule is O=S(=O)([O-])c1ccccc1N=Nc1ccc(O)c2ccccc12.[Na+]. The number of benzene rings is 3. The van der Waals surface area contributed by atoms with Gasteiger partial charge in [0.25, 0.3) is 0 Å². The van der Waals surface area contributed by atoms with Crippen molar-refractivity contribution in [3.05, 3.63) is 60.7 Å². The Kier molecular flexibility index (Phi) is 5.74. The molecule has 0 aliphatic rings. The number of hydrogen-bond donors (Lipinski definition) is 1. The quantitative estimate of drug-likeness (QED) is 0.430. The minimum atomic E-state index is -4.63. The molecule has 0 saturated carbocycles. The molecule has 0 fully saturated rings. The summed E-state index contributed by atoms with van der Waals surface area (Å²) >= 11 is 0. The Balaban J connectivity index is 0.00000208. The van der Waals surface area contributed by atoms with E-state index in [2.05, 4.69) is 10.2 Å². The van der Waals surface area contributed by atoms with Gasteiger partial charge in [-0.15, -0.1) is 10.2 Å². The monoisotopic (exact) mass is 350 g/mol. The average Bonchev–Trinajstić information content (AvgIpc) is 2.54. The van der Waals surface area contributed by atoms with Crippen LogP contribution in [0.4, 0.5) is 11.4 Å². The van der Waals surface area contributed by atoms with Crippen LogP contribution in [0.15, 0.2) is 75.8 Å². The van der Waals surface area contributed by atoms with Gasteiger partial charge in [-0.1, -0.05) is 36.4 Å². The maximum atomic E-state index is 11.2. The van der Waals surface area contributed by atoms with Gasteiger partial charge in [-0.25, -0.2) is 8.42 Å². The second-order valence-corrected chi connectivity index (χ2v) is 6.12. The van der Waals surface area contributed by atoms with Gasteiger partial charge in [0.05, 0.1) is 10.6 Å². The van der Waals surface area contributed by atoms with E-state index in [9.17, 15) is 18.1 Å². The second kappa shape index (κ2) is 7.42. The average molecular weight is 350 g/mol. The standard InChI is InChI=1S/C16H12N2O4S.Na/c19-15-10-9-13(11-5-1-2-6-12(11)15)17-18-14-7-3-4-8-16(14)23(20,21)22;/h1-10,19H,(H,20,21,22);/q;+1/p-1. The Bertz CT molecular complexity index is 1020. The van der Waals surface area contributed by atoms with Crippen LogP contribution in [0.25, 0.3) is 10.8 Å². The number of fused-ring (bicyclic) bond motifs is 1. The van der Waals surface area contributed by atoms with Crippen molar-refractivity contribution < 1.29 is 47.6 Å². The Morgan fingerprint density at radius 1 is 0.792 bits per heavy atom. The molecule has 0 unspecified atom stereocenters. The molecular weight excluding hydrogens is 339 g/mol. The van der Waals surface area contributed by atoms with E-state index in [1.54, 1.807) is 36.4 Å². The maximum absolute atomic E-state index is 11.2. The first-order valence-corrected chi connectivity index (χ1v) is 8.05. The van der Waals surface area contributed by atoms with Crippen molar-refractivity contribution in [1.82, 2.24) is 0 Å². The molecule has 0 heterocycles. The van der Waals surface area contributed by atoms with E-state index in [0.29, 0.717) is 16.5 Å². The molecule has 0 aliphatic heterocycles. The van der Waals surface area contributed by atoms with E-state index in [1.165, 1.54) is 24.3 Å². The number of rotatable bonds is 3. The zero-order valence-electron chi connectivity index (χ0n) is 12.7. The maximum Gasteiger partial charge on any atom is 1.00 e. The van der Waals surface area contributed by atoms with Crippen molar-refractivity contribution in [2.24, 2.45) is 10.2 Å². The van der Waals surface area contributed by atoms with Crippen molar-refractivity contribution in [1.29, 1.82) is 0 Å². The molecule has 0 aromatic heterocycles. The van der Waals surface area contributed by atoms with Gasteiger partial charge in [-0.2, -0.15) is 0 Å². The van der Waals surface area contributed by atoms with Crippen LogP contribution in [-0.2, 0) is 10.1 Å². The Labute approximate surface area is 160 Å². The zero-order valence-corrected chi connectivity index (χ0v) is 15.6. The molecule has 116 valence electrons. The van der Waals surface area contributed by atoms with Crippen molar-refractivity contribution in [3.8, 4) is 5.75 Å². The van der Waals surface area contributed by atoms with Gasteiger partial charge >= 0.3 is 29.6 Å². The van der Waals surface area contributed by atoms with Crippen LogP contribution in [0.1, 0.15) is 0 Å². The first-order valence-electron chi connectivity index (χ1n) is 6.64. The van der Waals surface area contributed by atoms with Gasteiger partial charge in [-0.3, -0.25) is 0 Å². The van der Waals surface area contributed by atoms with E-state index >= 15 is 0 Å². The smallest absolute Gasteiger partial charge is 0.744 e. The third-order valence-corrected chi connectivity index (χ3v) is 4.16. The fraction of sp³-hybridized carbons (Fsp3) is 0. The minimum absolute atomic E-state index is 0. The number of phenols is 1. The topological polar surface area (TPSA) is 102 Å². The van der Waals surface area contributed by atoms with Crippen LogP contribution >= 0.6 is 0 Å². The normalized spacial score (nSPS) is 11.5. The molecule has 0 spiro atoms. The van der Waals surface area contributed by atoms with Crippen LogP contribution in [0.2, 0.25) is 0 Å². The third kappa shape index (κ3) is 3.82. The molecule has 3 aromatic carbocycles. The van der Waals surface area contributed by atoms with E-state index < -0.39 is 15.0 Å². The predicted octanol–water partition coefficient (Wildman–Crippen LogP) is 0.869. The van der Waals surface area contributed by atoms with Crippen LogP contribution < -0.4 is 29.6 Å². The van der Waals surface area contributed by atoms with Crippen LogP contribution in [0, 0.1) is 0 Å². The summed E-state index contributed by atoms with van der Waals surface area (Å²) in [5.41, 5.74) is 0.427. The van der Waals surface area contributed by atoms with Crippen molar-refractivity contribution >= 4 is 32.3 Å².